The largest absolute Gasteiger partial charge is 0.358 e. The van der Waals surface area contributed by atoms with Crippen LogP contribution in [0.1, 0.15) is 19.8 Å². The molecule has 0 radical (unpaired) electrons. The van der Waals surface area contributed by atoms with Crippen LogP contribution in [0.3, 0.4) is 0 Å². The highest BCUT2D eigenvalue weighted by Crippen LogP contribution is 2.27. The number of piperazine rings is 1. The molecule has 2 rings (SSSR count). The second-order valence-electron chi connectivity index (χ2n) is 3.84. The molecule has 1 saturated heterocycles. The molecular weight excluding hydrogens is 150 g/mol. The smallest absolute Gasteiger partial charge is 0.0926 e. The lowest BCUT2D eigenvalue weighted by Gasteiger charge is -2.35. The number of hydrogen-bond acceptors (Lipinski definition) is 2. The van der Waals surface area contributed by atoms with Crippen molar-refractivity contribution in [3.63, 3.8) is 0 Å². The third kappa shape index (κ3) is 1.61. The molecule has 0 aromatic carbocycles. The van der Waals surface area contributed by atoms with Crippen molar-refractivity contribution in [2.45, 2.75) is 25.8 Å². The van der Waals surface area contributed by atoms with E-state index in [-0.39, 0.29) is 0 Å². The summed E-state index contributed by atoms with van der Waals surface area (Å²) in [5, 5.41) is 7.49. The molecule has 1 aliphatic heterocycles. The van der Waals surface area contributed by atoms with Crippen molar-refractivity contribution >= 4 is 5.84 Å². The maximum absolute atomic E-state index is 7.49. The van der Waals surface area contributed by atoms with Crippen LogP contribution in [0.25, 0.3) is 0 Å². The van der Waals surface area contributed by atoms with Crippen LogP contribution < -0.4 is 0 Å². The van der Waals surface area contributed by atoms with E-state index in [1.165, 1.54) is 25.9 Å². The highest BCUT2D eigenvalue weighted by molar-refractivity contribution is 5.76. The van der Waals surface area contributed by atoms with Crippen molar-refractivity contribution in [3.8, 4) is 0 Å². The second-order valence-corrected chi connectivity index (χ2v) is 3.84. The van der Waals surface area contributed by atoms with Crippen LogP contribution in [0, 0.1) is 5.41 Å². The number of amidine groups is 1. The van der Waals surface area contributed by atoms with E-state index >= 15 is 0 Å². The van der Waals surface area contributed by atoms with E-state index in [0.717, 1.165) is 25.0 Å². The van der Waals surface area contributed by atoms with Crippen LogP contribution >= 0.6 is 0 Å². The Morgan fingerprint density at radius 3 is 2.17 bits per heavy atom. The third-order valence-electron chi connectivity index (χ3n) is 2.85. The molecule has 2 aliphatic rings. The highest BCUT2D eigenvalue weighted by atomic mass is 15.3. The number of rotatable bonds is 1. The topological polar surface area (TPSA) is 30.3 Å². The first kappa shape index (κ1) is 8.05. The van der Waals surface area contributed by atoms with Crippen molar-refractivity contribution in [2.24, 2.45) is 0 Å². The molecule has 1 aliphatic carbocycles. The van der Waals surface area contributed by atoms with E-state index in [1.807, 2.05) is 6.92 Å². The van der Waals surface area contributed by atoms with Gasteiger partial charge in [-0.1, -0.05) is 0 Å². The van der Waals surface area contributed by atoms with E-state index in [0.29, 0.717) is 0 Å². The Bertz CT molecular complexity index is 178. The van der Waals surface area contributed by atoms with Gasteiger partial charge in [-0.3, -0.25) is 10.3 Å². The SMILES string of the molecule is CC(=N)N1CCN(C2CC2)CC1. The van der Waals surface area contributed by atoms with Gasteiger partial charge in [0.15, 0.2) is 0 Å². The van der Waals surface area contributed by atoms with E-state index in [1.54, 1.807) is 0 Å². The zero-order valence-corrected chi connectivity index (χ0v) is 7.71. The summed E-state index contributed by atoms with van der Waals surface area (Å²) < 4.78 is 0. The maximum Gasteiger partial charge on any atom is 0.0926 e. The predicted molar refractivity (Wildman–Crippen MR) is 49.6 cm³/mol. The molecule has 12 heavy (non-hydrogen) atoms. The highest BCUT2D eigenvalue weighted by Gasteiger charge is 2.31. The fourth-order valence-corrected chi connectivity index (χ4v) is 1.86. The van der Waals surface area contributed by atoms with Crippen LogP contribution in [0.2, 0.25) is 0 Å². The Morgan fingerprint density at radius 1 is 1.17 bits per heavy atom. The lowest BCUT2D eigenvalue weighted by molar-refractivity contribution is 0.173. The molecule has 0 atom stereocenters. The van der Waals surface area contributed by atoms with Gasteiger partial charge in [0.25, 0.3) is 0 Å². The van der Waals surface area contributed by atoms with Gasteiger partial charge in [-0.05, 0) is 19.8 Å². The van der Waals surface area contributed by atoms with Gasteiger partial charge in [-0.2, -0.15) is 0 Å². The summed E-state index contributed by atoms with van der Waals surface area (Å²) in [7, 11) is 0. The van der Waals surface area contributed by atoms with Gasteiger partial charge >= 0.3 is 0 Å². The van der Waals surface area contributed by atoms with E-state index in [2.05, 4.69) is 9.80 Å². The number of nitrogens with one attached hydrogen (secondary N) is 1. The molecule has 0 unspecified atom stereocenters. The average molecular weight is 167 g/mol. The summed E-state index contributed by atoms with van der Waals surface area (Å²) in [6.45, 7) is 6.34. The second kappa shape index (κ2) is 3.05. The summed E-state index contributed by atoms with van der Waals surface area (Å²) in [4.78, 5) is 4.73. The zero-order valence-electron chi connectivity index (χ0n) is 7.71. The Morgan fingerprint density at radius 2 is 1.75 bits per heavy atom. The first-order chi connectivity index (χ1) is 5.77. The first-order valence-electron chi connectivity index (χ1n) is 4.81. The van der Waals surface area contributed by atoms with E-state index < -0.39 is 0 Å². The molecule has 0 spiro atoms. The van der Waals surface area contributed by atoms with Gasteiger partial charge in [-0.15, -0.1) is 0 Å². The average Bonchev–Trinajstić information content (AvgIpc) is 2.87. The number of nitrogens with zero attached hydrogens (tertiary/aromatic N) is 2. The van der Waals surface area contributed by atoms with E-state index in [9.17, 15) is 0 Å². The summed E-state index contributed by atoms with van der Waals surface area (Å²) >= 11 is 0. The first-order valence-corrected chi connectivity index (χ1v) is 4.81. The van der Waals surface area contributed by atoms with Crippen LogP contribution in [0.4, 0.5) is 0 Å². The molecule has 68 valence electrons. The molecule has 1 heterocycles. The van der Waals surface area contributed by atoms with Gasteiger partial charge in [-0.25, -0.2) is 0 Å². The molecule has 0 amide bonds. The fourth-order valence-electron chi connectivity index (χ4n) is 1.86. The molecule has 2 fully saturated rings. The van der Waals surface area contributed by atoms with Gasteiger partial charge in [0.1, 0.15) is 0 Å². The van der Waals surface area contributed by atoms with Crippen molar-refractivity contribution in [1.82, 2.24) is 9.80 Å². The zero-order chi connectivity index (χ0) is 8.55. The van der Waals surface area contributed by atoms with Crippen molar-refractivity contribution in [3.05, 3.63) is 0 Å². The molecule has 3 heteroatoms. The minimum absolute atomic E-state index is 0.727. The van der Waals surface area contributed by atoms with Crippen LogP contribution in [0.15, 0.2) is 0 Å². The van der Waals surface area contributed by atoms with Crippen LogP contribution in [-0.4, -0.2) is 47.9 Å². The van der Waals surface area contributed by atoms with Crippen LogP contribution in [-0.2, 0) is 0 Å². The van der Waals surface area contributed by atoms with Crippen molar-refractivity contribution < 1.29 is 0 Å². The third-order valence-corrected chi connectivity index (χ3v) is 2.85. The minimum Gasteiger partial charge on any atom is -0.358 e. The van der Waals surface area contributed by atoms with Crippen LogP contribution in [0.5, 0.6) is 0 Å². The molecule has 1 saturated carbocycles. The summed E-state index contributed by atoms with van der Waals surface area (Å²) in [5.74, 6) is 0.727. The van der Waals surface area contributed by atoms with Gasteiger partial charge in [0.2, 0.25) is 0 Å². The standard InChI is InChI=1S/C9H17N3/c1-8(10)11-4-6-12(7-5-11)9-2-3-9/h9-10H,2-7H2,1H3. The Kier molecular flexibility index (Phi) is 2.05. The Hall–Kier alpha value is -0.570. The lowest BCUT2D eigenvalue weighted by atomic mass is 10.3. The minimum atomic E-state index is 0.727. The maximum atomic E-state index is 7.49. The Balaban J connectivity index is 1.80. The Labute approximate surface area is 73.9 Å². The van der Waals surface area contributed by atoms with Gasteiger partial charge in [0, 0.05) is 32.2 Å². The van der Waals surface area contributed by atoms with Gasteiger partial charge < -0.3 is 4.90 Å². The summed E-state index contributed by atoms with van der Waals surface area (Å²) in [6, 6.07) is 0.901. The molecular formula is C9H17N3. The van der Waals surface area contributed by atoms with Crippen molar-refractivity contribution in [2.75, 3.05) is 26.2 Å². The number of hydrogen-bond donors (Lipinski definition) is 1. The summed E-state index contributed by atoms with van der Waals surface area (Å²) in [5.41, 5.74) is 0. The monoisotopic (exact) mass is 167 g/mol. The normalized spacial score (nSPS) is 25.9. The van der Waals surface area contributed by atoms with Gasteiger partial charge in [0.05, 0.1) is 5.84 Å². The summed E-state index contributed by atoms with van der Waals surface area (Å²) in [6.07, 6.45) is 2.81. The van der Waals surface area contributed by atoms with Crippen molar-refractivity contribution in [1.29, 1.82) is 5.41 Å². The van der Waals surface area contributed by atoms with E-state index in [4.69, 9.17) is 5.41 Å². The molecule has 0 aromatic heterocycles. The molecule has 1 N–H and O–H groups in total. The lowest BCUT2D eigenvalue weighted by Crippen LogP contribution is -2.48. The fraction of sp³-hybridized carbons (Fsp3) is 0.889. The quantitative estimate of drug-likeness (QED) is 0.462. The predicted octanol–water partition coefficient (Wildman–Crippen LogP) is 0.764. The molecule has 3 nitrogen and oxygen atoms in total. The molecule has 0 aromatic rings. The molecule has 0 bridgehead atoms.